The molecule has 2 rings (SSSR count). The maximum Gasteiger partial charge on any atom is 0.133 e. The fourth-order valence-corrected chi connectivity index (χ4v) is 3.28. The number of ketones is 1. The van der Waals surface area contributed by atoms with Crippen molar-refractivity contribution in [3.05, 3.63) is 0 Å². The molecule has 2 saturated carbocycles. The molecule has 0 radical (unpaired) electrons. The maximum absolute atomic E-state index is 11.2. The van der Waals surface area contributed by atoms with Crippen LogP contribution in [-0.2, 0) is 4.79 Å². The molecule has 2 bridgehead atoms. The monoisotopic (exact) mass is 152 g/mol. The van der Waals surface area contributed by atoms with Crippen LogP contribution >= 0.6 is 0 Å². The van der Waals surface area contributed by atoms with E-state index in [0.717, 1.165) is 11.8 Å². The Bertz CT molecular complexity index is 183. The lowest BCUT2D eigenvalue weighted by molar-refractivity contribution is -0.123. The fourth-order valence-electron chi connectivity index (χ4n) is 3.28. The molecule has 4 unspecified atom stereocenters. The van der Waals surface area contributed by atoms with Gasteiger partial charge in [0.15, 0.2) is 0 Å². The normalized spacial score (nSPS) is 48.2. The van der Waals surface area contributed by atoms with Gasteiger partial charge < -0.3 is 0 Å². The summed E-state index contributed by atoms with van der Waals surface area (Å²) in [7, 11) is 0. The maximum atomic E-state index is 11.2. The highest BCUT2D eigenvalue weighted by Crippen LogP contribution is 2.52. The molecule has 0 N–H and O–H groups in total. The summed E-state index contributed by atoms with van der Waals surface area (Å²) in [6.07, 6.45) is 4.04. The molecule has 2 aliphatic rings. The van der Waals surface area contributed by atoms with E-state index < -0.39 is 0 Å². The Morgan fingerprint density at radius 3 is 2.27 bits per heavy atom. The lowest BCUT2D eigenvalue weighted by Gasteiger charge is -2.25. The van der Waals surface area contributed by atoms with Gasteiger partial charge in [0.2, 0.25) is 0 Å². The standard InChI is InChI=1S/C10H16O/c1-6-8-3-4-9(5-8)10(6)7(2)11/h6,8-10H,3-5H2,1-2H3. The number of fused-ring (bicyclic) bond motifs is 2. The van der Waals surface area contributed by atoms with Gasteiger partial charge in [0.05, 0.1) is 0 Å². The van der Waals surface area contributed by atoms with E-state index >= 15 is 0 Å². The Kier molecular flexibility index (Phi) is 1.55. The Balaban J connectivity index is 2.17. The van der Waals surface area contributed by atoms with Crippen LogP contribution in [0.1, 0.15) is 33.1 Å². The molecule has 0 aliphatic heterocycles. The van der Waals surface area contributed by atoms with Gasteiger partial charge in [-0.05, 0) is 43.9 Å². The average Bonchev–Trinajstić information content (AvgIpc) is 2.44. The molecule has 0 aromatic heterocycles. The number of Topliss-reactive ketones (excluding diaryl/α,β-unsaturated/α-hetero) is 1. The van der Waals surface area contributed by atoms with Crippen molar-refractivity contribution in [1.82, 2.24) is 0 Å². The Hall–Kier alpha value is -0.330. The van der Waals surface area contributed by atoms with Gasteiger partial charge in [-0.3, -0.25) is 4.79 Å². The molecule has 62 valence electrons. The number of carbonyl (C=O) groups is 1. The minimum atomic E-state index is 0.425. The molecule has 0 amide bonds. The topological polar surface area (TPSA) is 17.1 Å². The first-order chi connectivity index (χ1) is 5.20. The highest BCUT2D eigenvalue weighted by atomic mass is 16.1. The SMILES string of the molecule is CC(=O)C1C2CCC(C2)C1C. The molecule has 0 aromatic carbocycles. The minimum absolute atomic E-state index is 0.425. The van der Waals surface area contributed by atoms with Crippen molar-refractivity contribution in [3.63, 3.8) is 0 Å². The Morgan fingerprint density at radius 1 is 1.27 bits per heavy atom. The highest BCUT2D eigenvalue weighted by molar-refractivity contribution is 5.79. The molecule has 1 heteroatoms. The number of hydrogen-bond donors (Lipinski definition) is 0. The van der Waals surface area contributed by atoms with Gasteiger partial charge in [0.1, 0.15) is 5.78 Å². The first kappa shape index (κ1) is 7.33. The lowest BCUT2D eigenvalue weighted by atomic mass is 9.78. The van der Waals surface area contributed by atoms with Crippen LogP contribution < -0.4 is 0 Å². The third kappa shape index (κ3) is 0.935. The number of hydrogen-bond acceptors (Lipinski definition) is 1. The molecule has 2 fully saturated rings. The van der Waals surface area contributed by atoms with Crippen LogP contribution in [0.15, 0.2) is 0 Å². The van der Waals surface area contributed by atoms with Gasteiger partial charge in [-0.2, -0.15) is 0 Å². The molecular weight excluding hydrogens is 136 g/mol. The summed E-state index contributed by atoms with van der Waals surface area (Å²) in [5.74, 6) is 3.19. The summed E-state index contributed by atoms with van der Waals surface area (Å²) in [5.41, 5.74) is 0. The van der Waals surface area contributed by atoms with Crippen LogP contribution in [-0.4, -0.2) is 5.78 Å². The van der Waals surface area contributed by atoms with Crippen molar-refractivity contribution >= 4 is 5.78 Å². The summed E-state index contributed by atoms with van der Waals surface area (Å²) in [5, 5.41) is 0. The summed E-state index contributed by atoms with van der Waals surface area (Å²) < 4.78 is 0. The van der Waals surface area contributed by atoms with E-state index in [2.05, 4.69) is 6.92 Å². The van der Waals surface area contributed by atoms with Crippen molar-refractivity contribution in [2.75, 3.05) is 0 Å². The lowest BCUT2D eigenvalue weighted by Crippen LogP contribution is -2.25. The third-order valence-electron chi connectivity index (χ3n) is 3.80. The Morgan fingerprint density at radius 2 is 1.91 bits per heavy atom. The van der Waals surface area contributed by atoms with E-state index in [1.807, 2.05) is 0 Å². The van der Waals surface area contributed by atoms with Crippen molar-refractivity contribution in [2.24, 2.45) is 23.7 Å². The number of rotatable bonds is 1. The van der Waals surface area contributed by atoms with Gasteiger partial charge in [0.25, 0.3) is 0 Å². The zero-order valence-electron chi connectivity index (χ0n) is 7.34. The van der Waals surface area contributed by atoms with Crippen molar-refractivity contribution in [1.29, 1.82) is 0 Å². The summed E-state index contributed by atoms with van der Waals surface area (Å²) in [4.78, 5) is 11.2. The zero-order valence-corrected chi connectivity index (χ0v) is 7.34. The van der Waals surface area contributed by atoms with E-state index in [-0.39, 0.29) is 0 Å². The minimum Gasteiger partial charge on any atom is -0.300 e. The second-order valence-electron chi connectivity index (χ2n) is 4.33. The van der Waals surface area contributed by atoms with E-state index in [4.69, 9.17) is 0 Å². The van der Waals surface area contributed by atoms with Crippen LogP contribution in [0, 0.1) is 23.7 Å². The smallest absolute Gasteiger partial charge is 0.133 e. The highest BCUT2D eigenvalue weighted by Gasteiger charge is 2.46. The van der Waals surface area contributed by atoms with Gasteiger partial charge >= 0.3 is 0 Å². The fraction of sp³-hybridized carbons (Fsp3) is 0.900. The molecule has 0 aromatic rings. The largest absolute Gasteiger partial charge is 0.300 e. The van der Waals surface area contributed by atoms with Crippen LogP contribution in [0.5, 0.6) is 0 Å². The van der Waals surface area contributed by atoms with Gasteiger partial charge in [-0.25, -0.2) is 0 Å². The van der Waals surface area contributed by atoms with Crippen molar-refractivity contribution in [2.45, 2.75) is 33.1 Å². The van der Waals surface area contributed by atoms with Crippen molar-refractivity contribution in [3.8, 4) is 0 Å². The number of carbonyl (C=O) groups excluding carboxylic acids is 1. The predicted molar refractivity (Wildman–Crippen MR) is 44.2 cm³/mol. The quantitative estimate of drug-likeness (QED) is 0.563. The van der Waals surface area contributed by atoms with E-state index in [0.29, 0.717) is 17.6 Å². The second-order valence-corrected chi connectivity index (χ2v) is 4.33. The zero-order chi connectivity index (χ0) is 8.01. The van der Waals surface area contributed by atoms with E-state index in [1.54, 1.807) is 6.92 Å². The van der Waals surface area contributed by atoms with Crippen LogP contribution in [0.3, 0.4) is 0 Å². The summed E-state index contributed by atoms with van der Waals surface area (Å²) in [6, 6.07) is 0. The predicted octanol–water partition coefficient (Wildman–Crippen LogP) is 2.26. The van der Waals surface area contributed by atoms with Gasteiger partial charge in [0, 0.05) is 5.92 Å². The summed E-state index contributed by atoms with van der Waals surface area (Å²) >= 11 is 0. The van der Waals surface area contributed by atoms with E-state index in [1.165, 1.54) is 19.3 Å². The van der Waals surface area contributed by atoms with Crippen molar-refractivity contribution < 1.29 is 4.79 Å². The first-order valence-corrected chi connectivity index (χ1v) is 4.70. The molecule has 0 heterocycles. The average molecular weight is 152 g/mol. The summed E-state index contributed by atoms with van der Waals surface area (Å²) in [6.45, 7) is 4.03. The van der Waals surface area contributed by atoms with Crippen LogP contribution in [0.4, 0.5) is 0 Å². The van der Waals surface area contributed by atoms with E-state index in [9.17, 15) is 4.79 Å². The van der Waals surface area contributed by atoms with Crippen LogP contribution in [0.2, 0.25) is 0 Å². The molecule has 2 aliphatic carbocycles. The third-order valence-corrected chi connectivity index (χ3v) is 3.80. The molecule has 1 nitrogen and oxygen atoms in total. The molecule has 0 spiro atoms. The van der Waals surface area contributed by atoms with Gasteiger partial charge in [-0.15, -0.1) is 0 Å². The molecular formula is C10H16O. The molecule has 0 saturated heterocycles. The second kappa shape index (κ2) is 2.33. The Labute approximate surface area is 68.2 Å². The van der Waals surface area contributed by atoms with Gasteiger partial charge in [-0.1, -0.05) is 6.92 Å². The first-order valence-electron chi connectivity index (χ1n) is 4.70. The molecule has 4 atom stereocenters. The molecule has 11 heavy (non-hydrogen) atoms. The van der Waals surface area contributed by atoms with Crippen LogP contribution in [0.25, 0.3) is 0 Å².